The summed E-state index contributed by atoms with van der Waals surface area (Å²) < 4.78 is 10.2. The fourth-order valence-electron chi connectivity index (χ4n) is 2.65. The Bertz CT molecular complexity index is 850. The first-order valence-corrected chi connectivity index (χ1v) is 6.73. The van der Waals surface area contributed by atoms with Gasteiger partial charge < -0.3 is 9.47 Å². The summed E-state index contributed by atoms with van der Waals surface area (Å²) in [4.78, 5) is 12.0. The Morgan fingerprint density at radius 1 is 0.905 bits per heavy atom. The lowest BCUT2D eigenvalue weighted by Gasteiger charge is -2.11. The minimum absolute atomic E-state index is 0.318. The molecule has 0 spiro atoms. The molecule has 3 aromatic rings. The average Bonchev–Trinajstić information content (AvgIpc) is 2.52. The number of fused-ring (bicyclic) bond motifs is 3. The van der Waals surface area contributed by atoms with Gasteiger partial charge in [-0.15, -0.1) is 0 Å². The summed E-state index contributed by atoms with van der Waals surface area (Å²) in [6.45, 7) is 2.04. The third kappa shape index (κ3) is 2.21. The number of methoxy groups -OCH3 is 2. The quantitative estimate of drug-likeness (QED) is 0.524. The van der Waals surface area contributed by atoms with Crippen LogP contribution in [0.1, 0.15) is 15.9 Å². The van der Waals surface area contributed by atoms with Gasteiger partial charge >= 0.3 is 5.97 Å². The fourth-order valence-corrected chi connectivity index (χ4v) is 2.65. The van der Waals surface area contributed by atoms with Crippen LogP contribution in [0.2, 0.25) is 0 Å². The van der Waals surface area contributed by atoms with E-state index in [1.54, 1.807) is 7.11 Å². The van der Waals surface area contributed by atoms with Crippen molar-refractivity contribution >= 4 is 27.5 Å². The monoisotopic (exact) mass is 280 g/mol. The molecule has 0 atom stereocenters. The Balaban J connectivity index is 2.47. The number of carbonyl (C=O) groups is 1. The smallest absolute Gasteiger partial charge is 0.338 e. The van der Waals surface area contributed by atoms with E-state index in [4.69, 9.17) is 9.47 Å². The molecule has 0 saturated carbocycles. The van der Waals surface area contributed by atoms with E-state index in [1.165, 1.54) is 7.11 Å². The largest absolute Gasteiger partial charge is 0.497 e. The topological polar surface area (TPSA) is 35.5 Å². The summed E-state index contributed by atoms with van der Waals surface area (Å²) in [6, 6.07) is 13.8. The Morgan fingerprint density at radius 3 is 2.43 bits per heavy atom. The molecular weight excluding hydrogens is 264 g/mol. The van der Waals surface area contributed by atoms with Crippen molar-refractivity contribution in [2.24, 2.45) is 0 Å². The van der Waals surface area contributed by atoms with Gasteiger partial charge in [0.05, 0.1) is 19.8 Å². The van der Waals surface area contributed by atoms with Crippen molar-refractivity contribution in [3.8, 4) is 5.75 Å². The molecule has 0 fully saturated rings. The van der Waals surface area contributed by atoms with E-state index in [1.807, 2.05) is 43.3 Å². The maximum Gasteiger partial charge on any atom is 0.338 e. The minimum atomic E-state index is -0.318. The van der Waals surface area contributed by atoms with Crippen molar-refractivity contribution in [1.29, 1.82) is 0 Å². The van der Waals surface area contributed by atoms with E-state index in [2.05, 4.69) is 6.07 Å². The number of hydrogen-bond donors (Lipinski definition) is 0. The van der Waals surface area contributed by atoms with Crippen LogP contribution in [0, 0.1) is 6.92 Å². The lowest BCUT2D eigenvalue weighted by molar-refractivity contribution is 0.0603. The zero-order chi connectivity index (χ0) is 15.0. The number of carbonyl (C=O) groups excluding carboxylic acids is 1. The highest BCUT2D eigenvalue weighted by Crippen LogP contribution is 2.32. The van der Waals surface area contributed by atoms with Gasteiger partial charge in [0.15, 0.2) is 0 Å². The highest BCUT2D eigenvalue weighted by Gasteiger charge is 2.14. The van der Waals surface area contributed by atoms with Crippen LogP contribution in [0.25, 0.3) is 21.5 Å². The molecule has 0 aromatic heterocycles. The first-order valence-electron chi connectivity index (χ1n) is 6.73. The second kappa shape index (κ2) is 5.09. The predicted molar refractivity (Wildman–Crippen MR) is 84.1 cm³/mol. The summed E-state index contributed by atoms with van der Waals surface area (Å²) in [7, 11) is 3.05. The summed E-state index contributed by atoms with van der Waals surface area (Å²) in [6.07, 6.45) is 0. The summed E-state index contributed by atoms with van der Waals surface area (Å²) in [5.74, 6) is 0.484. The van der Waals surface area contributed by atoms with Gasteiger partial charge in [0.25, 0.3) is 0 Å². The molecule has 0 radical (unpaired) electrons. The van der Waals surface area contributed by atoms with Crippen molar-refractivity contribution in [3.63, 3.8) is 0 Å². The zero-order valence-electron chi connectivity index (χ0n) is 12.3. The molecular formula is C18H16O3. The molecule has 0 amide bonds. The van der Waals surface area contributed by atoms with Crippen molar-refractivity contribution in [2.75, 3.05) is 14.2 Å². The van der Waals surface area contributed by atoms with Gasteiger partial charge in [0.2, 0.25) is 0 Å². The second-order valence-corrected chi connectivity index (χ2v) is 5.05. The van der Waals surface area contributed by atoms with E-state index in [9.17, 15) is 4.79 Å². The Labute approximate surface area is 123 Å². The molecule has 0 heterocycles. The highest BCUT2D eigenvalue weighted by molar-refractivity contribution is 6.16. The Kier molecular flexibility index (Phi) is 3.26. The zero-order valence-corrected chi connectivity index (χ0v) is 12.3. The molecule has 3 aromatic carbocycles. The normalized spacial score (nSPS) is 10.8. The van der Waals surface area contributed by atoms with Crippen LogP contribution in [0.15, 0.2) is 42.5 Å². The van der Waals surface area contributed by atoms with Gasteiger partial charge in [-0.3, -0.25) is 0 Å². The standard InChI is InChI=1S/C18H16O3/c1-11-4-7-14-16(8-11)15-10-13(20-2)6-5-12(15)9-17(14)18(19)21-3/h4-10H,1-3H3. The maximum absolute atomic E-state index is 12.0. The van der Waals surface area contributed by atoms with Crippen molar-refractivity contribution in [2.45, 2.75) is 6.92 Å². The minimum Gasteiger partial charge on any atom is -0.497 e. The van der Waals surface area contributed by atoms with Gasteiger partial charge in [-0.1, -0.05) is 29.8 Å². The molecule has 106 valence electrons. The van der Waals surface area contributed by atoms with Crippen LogP contribution in [-0.2, 0) is 4.74 Å². The predicted octanol–water partition coefficient (Wildman–Crippen LogP) is 4.10. The van der Waals surface area contributed by atoms with E-state index in [0.717, 1.165) is 32.9 Å². The van der Waals surface area contributed by atoms with Crippen LogP contribution in [-0.4, -0.2) is 20.2 Å². The lowest BCUT2D eigenvalue weighted by Crippen LogP contribution is -2.02. The van der Waals surface area contributed by atoms with E-state index < -0.39 is 0 Å². The van der Waals surface area contributed by atoms with Crippen molar-refractivity contribution in [1.82, 2.24) is 0 Å². The fraction of sp³-hybridized carbons (Fsp3) is 0.167. The lowest BCUT2D eigenvalue weighted by atomic mass is 9.96. The van der Waals surface area contributed by atoms with Crippen LogP contribution in [0.5, 0.6) is 5.75 Å². The number of hydrogen-bond acceptors (Lipinski definition) is 3. The number of ether oxygens (including phenoxy) is 2. The molecule has 0 bridgehead atoms. The van der Waals surface area contributed by atoms with Gasteiger partial charge in [-0.2, -0.15) is 0 Å². The molecule has 0 aliphatic carbocycles. The number of esters is 1. The molecule has 3 rings (SSSR count). The van der Waals surface area contributed by atoms with E-state index in [0.29, 0.717) is 5.56 Å². The van der Waals surface area contributed by atoms with E-state index >= 15 is 0 Å². The van der Waals surface area contributed by atoms with Crippen LogP contribution >= 0.6 is 0 Å². The van der Waals surface area contributed by atoms with Crippen molar-refractivity contribution < 1.29 is 14.3 Å². The third-order valence-electron chi connectivity index (χ3n) is 3.72. The molecule has 0 N–H and O–H groups in total. The third-order valence-corrected chi connectivity index (χ3v) is 3.72. The van der Waals surface area contributed by atoms with Crippen LogP contribution in [0.4, 0.5) is 0 Å². The molecule has 0 unspecified atom stereocenters. The van der Waals surface area contributed by atoms with Crippen LogP contribution < -0.4 is 4.74 Å². The SMILES string of the molecule is COC(=O)c1cc2ccc(OC)cc2c2cc(C)ccc12. The molecule has 0 aliphatic rings. The molecule has 3 nitrogen and oxygen atoms in total. The maximum atomic E-state index is 12.0. The summed E-state index contributed by atoms with van der Waals surface area (Å²) in [5.41, 5.74) is 1.74. The molecule has 21 heavy (non-hydrogen) atoms. The first-order chi connectivity index (χ1) is 10.1. The van der Waals surface area contributed by atoms with Crippen molar-refractivity contribution in [3.05, 3.63) is 53.6 Å². The Morgan fingerprint density at radius 2 is 1.71 bits per heavy atom. The van der Waals surface area contributed by atoms with Gasteiger partial charge in [0.1, 0.15) is 5.75 Å². The number of aryl methyl sites for hydroxylation is 1. The Hall–Kier alpha value is -2.55. The highest BCUT2D eigenvalue weighted by atomic mass is 16.5. The summed E-state index contributed by atoms with van der Waals surface area (Å²) in [5, 5.41) is 4.00. The average molecular weight is 280 g/mol. The van der Waals surface area contributed by atoms with Gasteiger partial charge in [-0.05, 0) is 46.7 Å². The first kappa shape index (κ1) is 13.4. The molecule has 3 heteroatoms. The van der Waals surface area contributed by atoms with E-state index in [-0.39, 0.29) is 5.97 Å². The van der Waals surface area contributed by atoms with Gasteiger partial charge in [0, 0.05) is 0 Å². The second-order valence-electron chi connectivity index (χ2n) is 5.05. The summed E-state index contributed by atoms with van der Waals surface area (Å²) >= 11 is 0. The van der Waals surface area contributed by atoms with Crippen LogP contribution in [0.3, 0.4) is 0 Å². The number of benzene rings is 3. The van der Waals surface area contributed by atoms with Gasteiger partial charge in [-0.25, -0.2) is 4.79 Å². The number of rotatable bonds is 2. The molecule has 0 aliphatic heterocycles. The molecule has 0 saturated heterocycles.